The smallest absolute Gasteiger partial charge is 0.350 e. The number of amides is 1. The molecule has 1 saturated heterocycles. The van der Waals surface area contributed by atoms with Crippen molar-refractivity contribution in [3.05, 3.63) is 75.3 Å². The van der Waals surface area contributed by atoms with Gasteiger partial charge < -0.3 is 19.3 Å². The number of aliphatic hydroxyl groups is 1. The van der Waals surface area contributed by atoms with Crippen LogP contribution in [0.4, 0.5) is 5.13 Å². The Kier molecular flexibility index (Phi) is 7.82. The average molecular weight is 537 g/mol. The molecule has 3 aromatic rings. The maximum absolute atomic E-state index is 13.5. The highest BCUT2D eigenvalue weighted by Gasteiger charge is 2.49. The highest BCUT2D eigenvalue weighted by Crippen LogP contribution is 2.46. The number of ketones is 1. The van der Waals surface area contributed by atoms with E-state index < -0.39 is 23.7 Å². The molecule has 38 heavy (non-hydrogen) atoms. The van der Waals surface area contributed by atoms with Crippen molar-refractivity contribution in [2.75, 3.05) is 25.2 Å². The monoisotopic (exact) mass is 536 g/mol. The van der Waals surface area contributed by atoms with E-state index in [2.05, 4.69) is 4.98 Å². The summed E-state index contributed by atoms with van der Waals surface area (Å²) in [6.45, 7) is 7.44. The molecule has 0 radical (unpaired) electrons. The highest BCUT2D eigenvalue weighted by molar-refractivity contribution is 7.17. The van der Waals surface area contributed by atoms with Gasteiger partial charge in [0.15, 0.2) is 5.13 Å². The van der Waals surface area contributed by atoms with Crippen molar-refractivity contribution in [1.82, 2.24) is 4.98 Å². The molecule has 9 nitrogen and oxygen atoms in total. The lowest BCUT2D eigenvalue weighted by Crippen LogP contribution is -2.29. The molecule has 1 N–H and O–H groups in total. The molecule has 198 valence electrons. The van der Waals surface area contributed by atoms with Crippen LogP contribution in [0.15, 0.2) is 48.0 Å². The minimum Gasteiger partial charge on any atom is -0.507 e. The number of ether oxygens (including phenoxy) is 3. The number of methoxy groups -OCH3 is 1. The molecule has 1 aliphatic rings. The van der Waals surface area contributed by atoms with Gasteiger partial charge >= 0.3 is 11.9 Å². The van der Waals surface area contributed by atoms with Crippen LogP contribution in [0.2, 0.25) is 0 Å². The number of nitrogens with zero attached hydrogens (tertiary/aromatic N) is 2. The highest BCUT2D eigenvalue weighted by atomic mass is 32.1. The summed E-state index contributed by atoms with van der Waals surface area (Å²) in [6, 6.07) is 11.0. The zero-order valence-electron chi connectivity index (χ0n) is 21.7. The number of benzene rings is 2. The molecule has 1 aromatic heterocycles. The molecule has 1 atom stereocenters. The van der Waals surface area contributed by atoms with Crippen molar-refractivity contribution in [1.29, 1.82) is 0 Å². The van der Waals surface area contributed by atoms with E-state index in [4.69, 9.17) is 14.2 Å². The van der Waals surface area contributed by atoms with E-state index >= 15 is 0 Å². The summed E-state index contributed by atoms with van der Waals surface area (Å²) in [7, 11) is 1.53. The van der Waals surface area contributed by atoms with Gasteiger partial charge in [0.05, 0.1) is 31.6 Å². The fraction of sp³-hybridized carbons (Fsp3) is 0.286. The van der Waals surface area contributed by atoms with Gasteiger partial charge in [0.25, 0.3) is 5.78 Å². The number of carbonyl (C=O) groups is 3. The second kappa shape index (κ2) is 11.1. The molecule has 1 fully saturated rings. The van der Waals surface area contributed by atoms with Crippen LogP contribution < -0.4 is 14.4 Å². The van der Waals surface area contributed by atoms with Gasteiger partial charge in [0.1, 0.15) is 28.2 Å². The quantitative estimate of drug-likeness (QED) is 0.186. The molecule has 0 aliphatic carbocycles. The van der Waals surface area contributed by atoms with Gasteiger partial charge in [-0.1, -0.05) is 29.5 Å². The van der Waals surface area contributed by atoms with Gasteiger partial charge in [-0.05, 0) is 57.5 Å². The van der Waals surface area contributed by atoms with Crippen molar-refractivity contribution < 1.29 is 33.7 Å². The van der Waals surface area contributed by atoms with Crippen molar-refractivity contribution >= 4 is 39.9 Å². The Morgan fingerprint density at radius 2 is 1.84 bits per heavy atom. The first-order chi connectivity index (χ1) is 18.2. The van der Waals surface area contributed by atoms with Crippen LogP contribution in [0.5, 0.6) is 11.5 Å². The number of aliphatic hydroxyl groups excluding tert-OH is 1. The first kappa shape index (κ1) is 26.9. The van der Waals surface area contributed by atoms with E-state index in [0.29, 0.717) is 40.5 Å². The zero-order chi connectivity index (χ0) is 27.6. The summed E-state index contributed by atoms with van der Waals surface area (Å²) >= 11 is 0.952. The van der Waals surface area contributed by atoms with Gasteiger partial charge in [-0.15, -0.1) is 0 Å². The summed E-state index contributed by atoms with van der Waals surface area (Å²) in [5, 5.41) is 11.6. The molecule has 0 spiro atoms. The minimum atomic E-state index is -1.06. The van der Waals surface area contributed by atoms with Gasteiger partial charge in [-0.2, -0.15) is 0 Å². The third-order valence-corrected chi connectivity index (χ3v) is 7.24. The largest absolute Gasteiger partial charge is 0.507 e. The van der Waals surface area contributed by atoms with Crippen LogP contribution in [0.3, 0.4) is 0 Å². The molecule has 0 bridgehead atoms. The molecule has 0 saturated carbocycles. The third-order valence-electron chi connectivity index (χ3n) is 6.10. The molecule has 2 aromatic carbocycles. The third kappa shape index (κ3) is 4.74. The Labute approximate surface area is 224 Å². The molecule has 10 heteroatoms. The van der Waals surface area contributed by atoms with Crippen LogP contribution in [0.1, 0.15) is 51.9 Å². The number of rotatable bonds is 8. The van der Waals surface area contributed by atoms with Gasteiger partial charge in [-0.25, -0.2) is 9.78 Å². The standard InChI is InChI=1S/C28H28N2O7S/c1-6-36-20-11-9-8-10-19(20)22-21(23(31)18-13-12-17(35-5)14-15(18)3)24(32)26(33)30(22)28-29-16(4)25(38-28)27(34)37-7-2/h8-14,22,31H,6-7H2,1-5H3/b23-21+. The molecular weight excluding hydrogens is 508 g/mol. The van der Waals surface area contributed by atoms with E-state index in [9.17, 15) is 19.5 Å². The first-order valence-electron chi connectivity index (χ1n) is 12.1. The second-order valence-electron chi connectivity index (χ2n) is 8.45. The topological polar surface area (TPSA) is 115 Å². The predicted molar refractivity (Wildman–Crippen MR) is 143 cm³/mol. The number of aryl methyl sites for hydroxylation is 2. The number of anilines is 1. The second-order valence-corrected chi connectivity index (χ2v) is 9.43. The van der Waals surface area contributed by atoms with E-state index in [-0.39, 0.29) is 27.9 Å². The molecule has 4 rings (SSSR count). The zero-order valence-corrected chi connectivity index (χ0v) is 22.5. The number of hydrogen-bond donors (Lipinski definition) is 1. The average Bonchev–Trinajstić information content (AvgIpc) is 3.40. The lowest BCUT2D eigenvalue weighted by atomic mass is 9.93. The first-order valence-corrected chi connectivity index (χ1v) is 12.9. The Morgan fingerprint density at radius 1 is 1.11 bits per heavy atom. The lowest BCUT2D eigenvalue weighted by Gasteiger charge is -2.25. The van der Waals surface area contributed by atoms with E-state index in [1.807, 2.05) is 6.92 Å². The fourth-order valence-corrected chi connectivity index (χ4v) is 5.35. The van der Waals surface area contributed by atoms with Crippen molar-refractivity contribution in [2.24, 2.45) is 0 Å². The molecule has 1 unspecified atom stereocenters. The number of aromatic nitrogens is 1. The van der Waals surface area contributed by atoms with Gasteiger partial charge in [0, 0.05) is 11.1 Å². The molecule has 2 heterocycles. The fourth-order valence-electron chi connectivity index (χ4n) is 4.36. The maximum Gasteiger partial charge on any atom is 0.350 e. The summed E-state index contributed by atoms with van der Waals surface area (Å²) in [6.07, 6.45) is 0. The Bertz CT molecular complexity index is 1440. The Balaban J connectivity index is 1.96. The van der Waals surface area contributed by atoms with Gasteiger partial charge in [-0.3, -0.25) is 14.5 Å². The van der Waals surface area contributed by atoms with Crippen molar-refractivity contribution in [3.63, 3.8) is 0 Å². The molecule has 1 aliphatic heterocycles. The Hall–Kier alpha value is -4.18. The summed E-state index contributed by atoms with van der Waals surface area (Å²) in [5.74, 6) is -1.62. The number of para-hydroxylation sites is 1. The number of carbonyl (C=O) groups excluding carboxylic acids is 3. The summed E-state index contributed by atoms with van der Waals surface area (Å²) in [5.41, 5.74) is 1.78. The maximum atomic E-state index is 13.5. The Morgan fingerprint density at radius 3 is 2.50 bits per heavy atom. The number of Topliss-reactive ketones (excluding diaryl/α,β-unsaturated/α-hetero) is 1. The number of hydrogen-bond acceptors (Lipinski definition) is 9. The van der Waals surface area contributed by atoms with Crippen molar-refractivity contribution in [3.8, 4) is 11.5 Å². The van der Waals surface area contributed by atoms with Gasteiger partial charge in [0.2, 0.25) is 0 Å². The predicted octanol–water partition coefficient (Wildman–Crippen LogP) is 4.97. The SMILES string of the molecule is CCOC(=O)c1sc(N2C(=O)C(=O)/C(=C(/O)c3ccc(OC)cc3C)C2c2ccccc2OCC)nc1C. The van der Waals surface area contributed by atoms with Crippen LogP contribution in [-0.2, 0) is 14.3 Å². The van der Waals surface area contributed by atoms with E-state index in [1.54, 1.807) is 63.2 Å². The van der Waals surface area contributed by atoms with E-state index in [1.165, 1.54) is 12.0 Å². The van der Waals surface area contributed by atoms with Crippen molar-refractivity contribution in [2.45, 2.75) is 33.7 Å². The summed E-state index contributed by atoms with van der Waals surface area (Å²) in [4.78, 5) is 45.4. The van der Waals surface area contributed by atoms with Crippen LogP contribution in [0, 0.1) is 13.8 Å². The van der Waals surface area contributed by atoms with Crippen LogP contribution in [0.25, 0.3) is 5.76 Å². The lowest BCUT2D eigenvalue weighted by molar-refractivity contribution is -0.132. The summed E-state index contributed by atoms with van der Waals surface area (Å²) < 4.78 is 16.2. The number of esters is 1. The molecular formula is C28H28N2O7S. The minimum absolute atomic E-state index is 0.110. The number of thiazole rings is 1. The van der Waals surface area contributed by atoms with Crippen LogP contribution in [-0.4, -0.2) is 48.1 Å². The van der Waals surface area contributed by atoms with E-state index in [0.717, 1.165) is 11.3 Å². The molecule has 1 amide bonds. The van der Waals surface area contributed by atoms with Crippen LogP contribution >= 0.6 is 11.3 Å². The normalized spacial score (nSPS) is 16.6.